The van der Waals surface area contributed by atoms with Gasteiger partial charge in [-0.2, -0.15) is 0 Å². The van der Waals surface area contributed by atoms with Crippen molar-refractivity contribution >= 4 is 23.5 Å². The Morgan fingerprint density at radius 1 is 1.00 bits per heavy atom. The summed E-state index contributed by atoms with van der Waals surface area (Å²) in [6.45, 7) is 3.59. The number of methoxy groups -OCH3 is 1. The second-order valence-electron chi connectivity index (χ2n) is 12.3. The summed E-state index contributed by atoms with van der Waals surface area (Å²) < 4.78 is 10.5. The summed E-state index contributed by atoms with van der Waals surface area (Å²) in [5.41, 5.74) is -0.340. The molecule has 1 heterocycles. The van der Waals surface area contributed by atoms with Crippen LogP contribution in [0.2, 0.25) is 0 Å². The van der Waals surface area contributed by atoms with Crippen LogP contribution in [0.25, 0.3) is 0 Å². The van der Waals surface area contributed by atoms with Crippen LogP contribution in [-0.4, -0.2) is 77.3 Å². The molecule has 3 amide bonds. The van der Waals surface area contributed by atoms with Crippen LogP contribution in [0.4, 0.5) is 0 Å². The standard InChI is InChI=1S/C31H45N3O8/c1-18(32-29(39)21-9-11-22(35)12-10-21)28(38)34-24(15-20-8-13-26(41-3)25(36)16-20)30(40)33-23(14-19-6-4-5-7-19)27(37)31(2)17-42-31/h8,13,16,18-19,21-24,35-36H,4-7,9-12,14-15,17H2,1-3H3,(H,32,39)(H,33,40)(H,34,38)/t18-,21?,22?,23-,24-,31+/m0/s1. The number of ether oxygens (including phenoxy) is 2. The van der Waals surface area contributed by atoms with Crippen LogP contribution >= 0.6 is 0 Å². The second kappa shape index (κ2) is 13.9. The minimum absolute atomic E-state index is 0.0361. The Labute approximate surface area is 247 Å². The van der Waals surface area contributed by atoms with Crippen molar-refractivity contribution in [2.24, 2.45) is 11.8 Å². The maximum atomic E-state index is 13.7. The molecule has 0 radical (unpaired) electrons. The third-order valence-corrected chi connectivity index (χ3v) is 8.91. The zero-order chi connectivity index (χ0) is 30.4. The van der Waals surface area contributed by atoms with E-state index in [4.69, 9.17) is 9.47 Å². The molecule has 0 spiro atoms. The molecule has 3 fully saturated rings. The molecule has 3 aliphatic rings. The maximum absolute atomic E-state index is 13.7. The second-order valence-corrected chi connectivity index (χ2v) is 12.3. The van der Waals surface area contributed by atoms with Gasteiger partial charge in [0.25, 0.3) is 0 Å². The Bertz CT molecular complexity index is 1140. The van der Waals surface area contributed by atoms with Gasteiger partial charge in [-0.05, 0) is 69.6 Å². The Morgan fingerprint density at radius 2 is 1.64 bits per heavy atom. The molecule has 1 aliphatic heterocycles. The highest BCUT2D eigenvalue weighted by Gasteiger charge is 2.50. The number of phenolic OH excluding ortho intramolecular Hbond substituents is 1. The van der Waals surface area contributed by atoms with Gasteiger partial charge in [-0.3, -0.25) is 19.2 Å². The monoisotopic (exact) mass is 587 g/mol. The van der Waals surface area contributed by atoms with Crippen LogP contribution in [0.5, 0.6) is 11.5 Å². The molecule has 0 aromatic heterocycles. The van der Waals surface area contributed by atoms with Crippen molar-refractivity contribution in [3.05, 3.63) is 23.8 Å². The highest BCUT2D eigenvalue weighted by atomic mass is 16.6. The lowest BCUT2D eigenvalue weighted by Crippen LogP contribution is -2.57. The Hall–Kier alpha value is -3.18. The quantitative estimate of drug-likeness (QED) is 0.218. The number of amides is 3. The molecular weight excluding hydrogens is 542 g/mol. The average Bonchev–Trinajstić information content (AvgIpc) is 3.50. The number of aliphatic hydroxyl groups excluding tert-OH is 1. The van der Waals surface area contributed by atoms with Crippen LogP contribution in [-0.2, 0) is 30.3 Å². The minimum atomic E-state index is -1.08. The van der Waals surface area contributed by atoms with Gasteiger partial charge in [-0.25, -0.2) is 0 Å². The number of carbonyl (C=O) groups is 4. The van der Waals surface area contributed by atoms with Crippen molar-refractivity contribution in [3.63, 3.8) is 0 Å². The number of nitrogens with one attached hydrogen (secondary N) is 3. The average molecular weight is 588 g/mol. The lowest BCUT2D eigenvalue weighted by Gasteiger charge is -2.28. The molecule has 2 aliphatic carbocycles. The van der Waals surface area contributed by atoms with E-state index in [1.807, 2.05) is 0 Å². The molecule has 1 aromatic rings. The number of epoxide rings is 1. The zero-order valence-corrected chi connectivity index (χ0v) is 24.8. The van der Waals surface area contributed by atoms with Crippen molar-refractivity contribution < 1.29 is 38.9 Å². The number of hydrogen-bond donors (Lipinski definition) is 5. The van der Waals surface area contributed by atoms with Gasteiger partial charge in [0.05, 0.1) is 25.9 Å². The smallest absolute Gasteiger partial charge is 0.243 e. The summed E-state index contributed by atoms with van der Waals surface area (Å²) in [4.78, 5) is 53.1. The third kappa shape index (κ3) is 8.22. The van der Waals surface area contributed by atoms with E-state index in [1.165, 1.54) is 13.2 Å². The van der Waals surface area contributed by atoms with E-state index in [1.54, 1.807) is 26.0 Å². The van der Waals surface area contributed by atoms with Gasteiger partial charge < -0.3 is 35.6 Å². The number of aromatic hydroxyl groups is 1. The lowest BCUT2D eigenvalue weighted by atomic mass is 9.87. The molecule has 5 N–H and O–H groups in total. The highest BCUT2D eigenvalue weighted by molar-refractivity contribution is 5.98. The Kier molecular flexibility index (Phi) is 10.5. The van der Waals surface area contributed by atoms with Gasteiger partial charge in [0.15, 0.2) is 17.3 Å². The van der Waals surface area contributed by atoms with E-state index in [2.05, 4.69) is 16.0 Å². The van der Waals surface area contributed by atoms with Crippen LogP contribution in [0.3, 0.4) is 0 Å². The molecule has 0 unspecified atom stereocenters. The number of hydrogen-bond acceptors (Lipinski definition) is 8. The van der Waals surface area contributed by atoms with Gasteiger partial charge in [0, 0.05) is 12.3 Å². The first-order valence-electron chi connectivity index (χ1n) is 15.1. The Balaban J connectivity index is 1.47. The molecule has 4 rings (SSSR count). The van der Waals surface area contributed by atoms with E-state index >= 15 is 0 Å². The molecule has 1 aromatic carbocycles. The van der Waals surface area contributed by atoms with Crippen LogP contribution in [0, 0.1) is 11.8 Å². The van der Waals surface area contributed by atoms with E-state index in [0.29, 0.717) is 50.2 Å². The fraction of sp³-hybridized carbons (Fsp3) is 0.677. The predicted octanol–water partition coefficient (Wildman–Crippen LogP) is 1.91. The van der Waals surface area contributed by atoms with Gasteiger partial charge in [-0.1, -0.05) is 31.7 Å². The van der Waals surface area contributed by atoms with E-state index in [0.717, 1.165) is 25.7 Å². The summed E-state index contributed by atoms with van der Waals surface area (Å²) in [5.74, 6) is -1.30. The van der Waals surface area contributed by atoms with Crippen LogP contribution < -0.4 is 20.7 Å². The third-order valence-electron chi connectivity index (χ3n) is 8.91. The minimum Gasteiger partial charge on any atom is -0.504 e. The number of benzene rings is 1. The summed E-state index contributed by atoms with van der Waals surface area (Å²) in [7, 11) is 1.43. The normalized spacial score (nSPS) is 26.0. The molecule has 4 atom stereocenters. The number of aliphatic hydroxyl groups is 1. The SMILES string of the molecule is COc1ccc(C[C@H](NC(=O)[C@H](C)NC(=O)C2CCC(O)CC2)C(=O)N[C@@H](CC2CCCC2)C(=O)[C@@]2(C)CO2)cc1O. The van der Waals surface area contributed by atoms with Crippen molar-refractivity contribution in [2.75, 3.05) is 13.7 Å². The van der Waals surface area contributed by atoms with Crippen molar-refractivity contribution in [3.8, 4) is 11.5 Å². The summed E-state index contributed by atoms with van der Waals surface area (Å²) in [6, 6.07) is 1.97. The first-order valence-corrected chi connectivity index (χ1v) is 15.1. The van der Waals surface area contributed by atoms with Crippen LogP contribution in [0.15, 0.2) is 18.2 Å². The first kappa shape index (κ1) is 31.7. The molecule has 11 heteroatoms. The van der Waals surface area contributed by atoms with Gasteiger partial charge in [-0.15, -0.1) is 0 Å². The fourth-order valence-electron chi connectivity index (χ4n) is 6.04. The highest BCUT2D eigenvalue weighted by Crippen LogP contribution is 2.34. The number of rotatable bonds is 13. The van der Waals surface area contributed by atoms with Gasteiger partial charge in [0.1, 0.15) is 17.7 Å². The number of Topliss-reactive ketones (excluding diaryl/α,β-unsaturated/α-hetero) is 1. The van der Waals surface area contributed by atoms with Gasteiger partial charge in [0.2, 0.25) is 17.7 Å². The maximum Gasteiger partial charge on any atom is 0.243 e. The van der Waals surface area contributed by atoms with Crippen molar-refractivity contribution in [2.45, 2.75) is 108 Å². The first-order chi connectivity index (χ1) is 20.0. The molecule has 1 saturated heterocycles. The van der Waals surface area contributed by atoms with Crippen molar-refractivity contribution in [1.29, 1.82) is 0 Å². The van der Waals surface area contributed by atoms with E-state index < -0.39 is 41.6 Å². The van der Waals surface area contributed by atoms with Gasteiger partial charge >= 0.3 is 0 Å². The number of carbonyl (C=O) groups excluding carboxylic acids is 4. The number of phenols is 1. The predicted molar refractivity (Wildman–Crippen MR) is 154 cm³/mol. The molecule has 2 saturated carbocycles. The largest absolute Gasteiger partial charge is 0.504 e. The topological polar surface area (TPSA) is 167 Å². The molecule has 42 heavy (non-hydrogen) atoms. The Morgan fingerprint density at radius 3 is 2.24 bits per heavy atom. The molecule has 0 bridgehead atoms. The van der Waals surface area contributed by atoms with Crippen molar-refractivity contribution in [1.82, 2.24) is 16.0 Å². The summed E-state index contributed by atoms with van der Waals surface area (Å²) >= 11 is 0. The number of ketones is 1. The van der Waals surface area contributed by atoms with E-state index in [-0.39, 0.29) is 35.5 Å². The lowest BCUT2D eigenvalue weighted by molar-refractivity contribution is -0.135. The zero-order valence-electron chi connectivity index (χ0n) is 24.8. The summed E-state index contributed by atoms with van der Waals surface area (Å²) in [6.07, 6.45) is 6.52. The van der Waals surface area contributed by atoms with Crippen LogP contribution in [0.1, 0.15) is 77.2 Å². The molecular formula is C31H45N3O8. The molecule has 11 nitrogen and oxygen atoms in total. The fourth-order valence-corrected chi connectivity index (χ4v) is 6.04. The molecule has 232 valence electrons. The van der Waals surface area contributed by atoms with E-state index in [9.17, 15) is 29.4 Å². The summed E-state index contributed by atoms with van der Waals surface area (Å²) in [5, 5.41) is 28.4.